The third-order valence-corrected chi connectivity index (χ3v) is 3.36. The molecule has 2 rings (SSSR count). The number of Topliss-reactive ketones (excluding diaryl/α,β-unsaturated/α-hetero) is 1. The van der Waals surface area contributed by atoms with Gasteiger partial charge in [0.2, 0.25) is 5.78 Å². The van der Waals surface area contributed by atoms with Crippen LogP contribution in [-0.2, 0) is 6.54 Å². The summed E-state index contributed by atoms with van der Waals surface area (Å²) in [6.45, 7) is 2.69. The quantitative estimate of drug-likeness (QED) is 0.823. The number of hydrogen-bond acceptors (Lipinski definition) is 4. The van der Waals surface area contributed by atoms with Crippen LogP contribution in [0.3, 0.4) is 0 Å². The smallest absolute Gasteiger partial charge is 0.220 e. The molecule has 0 fully saturated rings. The number of nitrogens with zero attached hydrogens (tertiary/aromatic N) is 2. The van der Waals surface area contributed by atoms with Gasteiger partial charge in [0, 0.05) is 23.8 Å². The Kier molecular flexibility index (Phi) is 3.17. The first kappa shape index (κ1) is 11.0. The summed E-state index contributed by atoms with van der Waals surface area (Å²) in [5.41, 5.74) is 5.91. The summed E-state index contributed by atoms with van der Waals surface area (Å²) in [5, 5.41) is 1.91. The Labute approximate surface area is 97.7 Å². The van der Waals surface area contributed by atoms with Crippen LogP contribution in [0.1, 0.15) is 28.5 Å². The second kappa shape index (κ2) is 4.59. The van der Waals surface area contributed by atoms with Gasteiger partial charge in [-0.25, -0.2) is 4.98 Å². The Balaban J connectivity index is 2.26. The number of carbonyl (C=O) groups is 1. The number of imidazole rings is 1. The van der Waals surface area contributed by atoms with Crippen molar-refractivity contribution in [3.8, 4) is 0 Å². The molecule has 0 aliphatic carbocycles. The van der Waals surface area contributed by atoms with E-state index in [4.69, 9.17) is 5.73 Å². The maximum Gasteiger partial charge on any atom is 0.220 e. The van der Waals surface area contributed by atoms with Gasteiger partial charge in [-0.05, 0) is 18.4 Å². The zero-order valence-electron chi connectivity index (χ0n) is 8.96. The molecule has 2 aromatic heterocycles. The summed E-state index contributed by atoms with van der Waals surface area (Å²) < 4.78 is 1.80. The SMILES string of the molecule is CCn1ccnc1C(=O)C(N)c1cccs1. The van der Waals surface area contributed by atoms with Gasteiger partial charge in [0.1, 0.15) is 6.04 Å². The van der Waals surface area contributed by atoms with Crippen molar-refractivity contribution in [2.45, 2.75) is 19.5 Å². The maximum absolute atomic E-state index is 12.1. The fourth-order valence-corrected chi connectivity index (χ4v) is 2.25. The highest BCUT2D eigenvalue weighted by molar-refractivity contribution is 7.10. The molecule has 0 bridgehead atoms. The number of hydrogen-bond donors (Lipinski definition) is 1. The first-order valence-corrected chi connectivity index (χ1v) is 5.96. The molecule has 1 atom stereocenters. The molecule has 0 amide bonds. The highest BCUT2D eigenvalue weighted by Crippen LogP contribution is 2.20. The molecular weight excluding hydrogens is 222 g/mol. The minimum atomic E-state index is -0.604. The van der Waals surface area contributed by atoms with Crippen LogP contribution < -0.4 is 5.73 Å². The Morgan fingerprint density at radius 1 is 1.69 bits per heavy atom. The summed E-state index contributed by atoms with van der Waals surface area (Å²) in [4.78, 5) is 17.0. The highest BCUT2D eigenvalue weighted by Gasteiger charge is 2.22. The molecule has 84 valence electrons. The lowest BCUT2D eigenvalue weighted by atomic mass is 10.1. The van der Waals surface area contributed by atoms with Gasteiger partial charge in [-0.2, -0.15) is 0 Å². The van der Waals surface area contributed by atoms with Gasteiger partial charge in [0.05, 0.1) is 0 Å². The Bertz CT molecular complexity index is 475. The average Bonchev–Trinajstić information content (AvgIpc) is 2.97. The van der Waals surface area contributed by atoms with Crippen molar-refractivity contribution in [3.05, 3.63) is 40.6 Å². The van der Waals surface area contributed by atoms with E-state index in [1.165, 1.54) is 11.3 Å². The van der Waals surface area contributed by atoms with Gasteiger partial charge >= 0.3 is 0 Å². The number of aryl methyl sites for hydroxylation is 1. The van der Waals surface area contributed by atoms with Gasteiger partial charge in [-0.15, -0.1) is 11.3 Å². The van der Waals surface area contributed by atoms with E-state index in [1.54, 1.807) is 17.0 Å². The van der Waals surface area contributed by atoms with Gasteiger partial charge in [-0.3, -0.25) is 4.79 Å². The molecule has 0 aromatic carbocycles. The number of rotatable bonds is 4. The van der Waals surface area contributed by atoms with E-state index in [-0.39, 0.29) is 5.78 Å². The van der Waals surface area contributed by atoms with Crippen molar-refractivity contribution in [2.24, 2.45) is 5.73 Å². The van der Waals surface area contributed by atoms with Crippen LogP contribution in [0.25, 0.3) is 0 Å². The van der Waals surface area contributed by atoms with E-state index in [1.807, 2.05) is 24.4 Å². The molecule has 2 heterocycles. The largest absolute Gasteiger partial charge is 0.329 e. The molecule has 0 saturated carbocycles. The van der Waals surface area contributed by atoms with Crippen molar-refractivity contribution in [1.29, 1.82) is 0 Å². The first-order valence-electron chi connectivity index (χ1n) is 5.08. The normalized spacial score (nSPS) is 12.6. The molecule has 0 aliphatic rings. The van der Waals surface area contributed by atoms with Crippen LogP contribution in [0.5, 0.6) is 0 Å². The second-order valence-electron chi connectivity index (χ2n) is 3.39. The number of ketones is 1. The standard InChI is InChI=1S/C11H13N3OS/c1-2-14-6-5-13-11(14)10(15)9(12)8-4-3-7-16-8/h3-7,9H,2,12H2,1H3. The summed E-state index contributed by atoms with van der Waals surface area (Å²) >= 11 is 1.49. The third-order valence-electron chi connectivity index (χ3n) is 2.41. The fraction of sp³-hybridized carbons (Fsp3) is 0.273. The minimum absolute atomic E-state index is 0.130. The second-order valence-corrected chi connectivity index (χ2v) is 4.37. The monoisotopic (exact) mass is 235 g/mol. The zero-order chi connectivity index (χ0) is 11.5. The molecule has 0 aliphatic heterocycles. The van der Waals surface area contributed by atoms with Crippen LogP contribution in [0.2, 0.25) is 0 Å². The predicted molar refractivity (Wildman–Crippen MR) is 63.5 cm³/mol. The molecular formula is C11H13N3OS. The highest BCUT2D eigenvalue weighted by atomic mass is 32.1. The Hall–Kier alpha value is -1.46. The van der Waals surface area contributed by atoms with Crippen molar-refractivity contribution in [1.82, 2.24) is 9.55 Å². The van der Waals surface area contributed by atoms with Crippen molar-refractivity contribution in [2.75, 3.05) is 0 Å². The number of nitrogens with two attached hydrogens (primary N) is 1. The van der Waals surface area contributed by atoms with Crippen LogP contribution in [0.4, 0.5) is 0 Å². The van der Waals surface area contributed by atoms with Crippen LogP contribution in [0, 0.1) is 0 Å². The molecule has 0 radical (unpaired) electrons. The molecule has 2 N–H and O–H groups in total. The van der Waals surface area contributed by atoms with E-state index in [0.29, 0.717) is 5.82 Å². The van der Waals surface area contributed by atoms with E-state index >= 15 is 0 Å². The lowest BCUT2D eigenvalue weighted by Crippen LogP contribution is -2.23. The van der Waals surface area contributed by atoms with E-state index in [0.717, 1.165) is 11.4 Å². The van der Waals surface area contributed by atoms with Crippen LogP contribution >= 0.6 is 11.3 Å². The molecule has 5 heteroatoms. The molecule has 4 nitrogen and oxygen atoms in total. The van der Waals surface area contributed by atoms with Crippen molar-refractivity contribution < 1.29 is 4.79 Å². The summed E-state index contributed by atoms with van der Waals surface area (Å²) in [5.74, 6) is 0.303. The van der Waals surface area contributed by atoms with Gasteiger partial charge in [0.15, 0.2) is 5.82 Å². The van der Waals surface area contributed by atoms with E-state index in [9.17, 15) is 4.79 Å². The lowest BCUT2D eigenvalue weighted by Gasteiger charge is -2.09. The number of carbonyl (C=O) groups excluding carboxylic acids is 1. The summed E-state index contributed by atoms with van der Waals surface area (Å²) in [6.07, 6.45) is 3.41. The predicted octanol–water partition coefficient (Wildman–Crippen LogP) is 1.85. The van der Waals surface area contributed by atoms with E-state index in [2.05, 4.69) is 4.98 Å². The maximum atomic E-state index is 12.1. The number of thiophene rings is 1. The molecule has 2 aromatic rings. The zero-order valence-corrected chi connectivity index (χ0v) is 9.78. The van der Waals surface area contributed by atoms with Crippen molar-refractivity contribution >= 4 is 17.1 Å². The van der Waals surface area contributed by atoms with Crippen LogP contribution in [-0.4, -0.2) is 15.3 Å². The van der Waals surface area contributed by atoms with Gasteiger partial charge in [0.25, 0.3) is 0 Å². The Morgan fingerprint density at radius 3 is 3.12 bits per heavy atom. The third kappa shape index (κ3) is 1.91. The Morgan fingerprint density at radius 2 is 2.50 bits per heavy atom. The number of aromatic nitrogens is 2. The van der Waals surface area contributed by atoms with Crippen LogP contribution in [0.15, 0.2) is 29.9 Å². The fourth-order valence-electron chi connectivity index (χ4n) is 1.53. The summed E-state index contributed by atoms with van der Waals surface area (Å²) in [6, 6.07) is 3.15. The lowest BCUT2D eigenvalue weighted by molar-refractivity contribution is 0.0948. The van der Waals surface area contributed by atoms with E-state index < -0.39 is 6.04 Å². The topological polar surface area (TPSA) is 60.9 Å². The summed E-state index contributed by atoms with van der Waals surface area (Å²) in [7, 11) is 0. The molecule has 16 heavy (non-hydrogen) atoms. The molecule has 0 saturated heterocycles. The molecule has 1 unspecified atom stereocenters. The average molecular weight is 235 g/mol. The van der Waals surface area contributed by atoms with Gasteiger partial charge < -0.3 is 10.3 Å². The first-order chi connectivity index (χ1) is 7.74. The van der Waals surface area contributed by atoms with Gasteiger partial charge in [-0.1, -0.05) is 6.07 Å². The minimum Gasteiger partial charge on any atom is -0.329 e. The van der Waals surface area contributed by atoms with Crippen molar-refractivity contribution in [3.63, 3.8) is 0 Å². The molecule has 0 spiro atoms.